The summed E-state index contributed by atoms with van der Waals surface area (Å²) < 4.78 is 53.1. The van der Waals surface area contributed by atoms with Crippen LogP contribution in [0.5, 0.6) is 0 Å². The molecule has 2 atom stereocenters. The number of rotatable bonds is 9. The number of carboxylic acid groups (broad SMARTS) is 1. The number of hydrogen-bond acceptors (Lipinski definition) is 9. The first-order valence-electron chi connectivity index (χ1n) is 11.1. The van der Waals surface area contributed by atoms with Crippen LogP contribution in [0.25, 0.3) is 0 Å². The molecule has 0 radical (unpaired) electrons. The number of thiazole rings is 1. The van der Waals surface area contributed by atoms with E-state index in [9.17, 15) is 22.8 Å². The van der Waals surface area contributed by atoms with Crippen LogP contribution in [0.15, 0.2) is 46.0 Å². The summed E-state index contributed by atoms with van der Waals surface area (Å²) >= 11 is 7.59. The number of esters is 1. The van der Waals surface area contributed by atoms with Gasteiger partial charge in [-0.05, 0) is 19.1 Å². The highest BCUT2D eigenvalue weighted by Gasteiger charge is 2.49. The molecule has 1 aromatic heterocycles. The van der Waals surface area contributed by atoms with Crippen LogP contribution in [0.4, 0.5) is 13.2 Å². The first kappa shape index (κ1) is 27.0. The second-order valence-electron chi connectivity index (χ2n) is 8.25. The van der Waals surface area contributed by atoms with E-state index in [1.54, 1.807) is 18.5 Å². The average molecular weight is 559 g/mol. The second-order valence-corrected chi connectivity index (χ2v) is 9.55. The first-order chi connectivity index (χ1) is 17.6. The van der Waals surface area contributed by atoms with Gasteiger partial charge in [-0.2, -0.15) is 0 Å². The monoisotopic (exact) mass is 558 g/mol. The summed E-state index contributed by atoms with van der Waals surface area (Å²) in [5.41, 5.74) is 0.557. The summed E-state index contributed by atoms with van der Waals surface area (Å²) in [4.78, 5) is 34.1. The van der Waals surface area contributed by atoms with E-state index in [1.807, 2.05) is 0 Å². The van der Waals surface area contributed by atoms with Gasteiger partial charge in [-0.3, -0.25) is 9.89 Å². The van der Waals surface area contributed by atoms with Crippen molar-refractivity contribution in [1.29, 1.82) is 0 Å². The molecule has 14 heteroatoms. The van der Waals surface area contributed by atoms with Gasteiger partial charge in [-0.1, -0.05) is 17.7 Å². The minimum Gasteiger partial charge on any atom is -0.480 e. The Morgan fingerprint density at radius 1 is 1.38 bits per heavy atom. The van der Waals surface area contributed by atoms with E-state index in [2.05, 4.69) is 15.3 Å². The van der Waals surface area contributed by atoms with Crippen molar-refractivity contribution in [3.63, 3.8) is 0 Å². The van der Waals surface area contributed by atoms with Crippen molar-refractivity contribution in [1.82, 2.24) is 15.2 Å². The Bertz CT molecular complexity index is 1240. The van der Waals surface area contributed by atoms with Gasteiger partial charge in [0.25, 0.3) is 5.92 Å². The molecule has 2 aliphatic heterocycles. The molecule has 0 bridgehead atoms. The molecule has 2 N–H and O–H groups in total. The molecular weight excluding hydrogens is 537 g/mol. The number of carbonyl (C=O) groups is 2. The van der Waals surface area contributed by atoms with Crippen LogP contribution in [0.1, 0.15) is 23.5 Å². The van der Waals surface area contributed by atoms with Crippen molar-refractivity contribution >= 4 is 40.7 Å². The number of aromatic nitrogens is 1. The van der Waals surface area contributed by atoms with E-state index in [0.29, 0.717) is 10.6 Å². The topological polar surface area (TPSA) is 113 Å². The first-order valence-corrected chi connectivity index (χ1v) is 12.4. The number of carbonyl (C=O) groups excluding carboxylic acids is 1. The maximum absolute atomic E-state index is 14.6. The number of ether oxygens (including phenoxy) is 2. The number of likely N-dealkylation sites (tertiary alicyclic amines) is 1. The summed E-state index contributed by atoms with van der Waals surface area (Å²) in [6.07, 6.45) is -0.0898. The Kier molecular flexibility index (Phi) is 8.17. The third-order valence-electron chi connectivity index (χ3n) is 5.63. The molecule has 4 rings (SSSR count). The molecule has 0 saturated carbocycles. The van der Waals surface area contributed by atoms with Gasteiger partial charge in [0.05, 0.1) is 18.7 Å². The standard InChI is InChI=1S/C23H22ClF3N4O5S/c1-2-35-22(34)18-15(8-31-9-16(23(26,27)11-31)36-10-17(32)33)29-20(21-28-5-6-37-21)30-19(18)13-4-3-12(25)7-14(13)24/h3-7,16,19H,2,8-11H2,1H3,(H,29,30)(H,32,33)/t16-,19+/m1/s1. The Hall–Kier alpha value is -3.00. The largest absolute Gasteiger partial charge is 0.480 e. The van der Waals surface area contributed by atoms with E-state index >= 15 is 0 Å². The molecule has 1 aromatic carbocycles. The van der Waals surface area contributed by atoms with E-state index in [4.69, 9.17) is 26.2 Å². The van der Waals surface area contributed by atoms with E-state index < -0.39 is 49.0 Å². The lowest BCUT2D eigenvalue weighted by atomic mass is 9.95. The zero-order valence-electron chi connectivity index (χ0n) is 19.4. The van der Waals surface area contributed by atoms with Crippen LogP contribution >= 0.6 is 22.9 Å². The summed E-state index contributed by atoms with van der Waals surface area (Å²) in [7, 11) is 0. The minimum absolute atomic E-state index is 0.0186. The third kappa shape index (κ3) is 6.12. The molecule has 0 amide bonds. The van der Waals surface area contributed by atoms with Crippen molar-refractivity contribution in [2.75, 3.05) is 32.8 Å². The van der Waals surface area contributed by atoms with Crippen LogP contribution in [-0.2, 0) is 19.1 Å². The highest BCUT2D eigenvalue weighted by molar-refractivity contribution is 7.11. The van der Waals surface area contributed by atoms with Gasteiger partial charge in [0.15, 0.2) is 10.8 Å². The van der Waals surface area contributed by atoms with E-state index in [-0.39, 0.29) is 41.8 Å². The van der Waals surface area contributed by atoms with Crippen molar-refractivity contribution in [2.24, 2.45) is 4.99 Å². The molecule has 2 aromatic rings. The van der Waals surface area contributed by atoms with Gasteiger partial charge < -0.3 is 19.9 Å². The van der Waals surface area contributed by atoms with Crippen molar-refractivity contribution < 1.29 is 37.3 Å². The van der Waals surface area contributed by atoms with Gasteiger partial charge in [-0.25, -0.2) is 27.7 Å². The number of hydrogen-bond donors (Lipinski definition) is 2. The Morgan fingerprint density at radius 3 is 2.81 bits per heavy atom. The fourth-order valence-electron chi connectivity index (χ4n) is 4.09. The summed E-state index contributed by atoms with van der Waals surface area (Å²) in [6, 6.07) is 2.62. The quantitative estimate of drug-likeness (QED) is 0.451. The molecule has 0 aliphatic carbocycles. The fourth-order valence-corrected chi connectivity index (χ4v) is 4.95. The molecule has 9 nitrogen and oxygen atoms in total. The number of amidine groups is 1. The van der Waals surface area contributed by atoms with E-state index in [0.717, 1.165) is 6.07 Å². The average Bonchev–Trinajstić information content (AvgIpc) is 3.45. The molecule has 2 aliphatic rings. The maximum Gasteiger partial charge on any atom is 0.338 e. The molecule has 0 unspecified atom stereocenters. The molecular formula is C23H22ClF3N4O5S. The number of carboxylic acids is 1. The Morgan fingerprint density at radius 2 is 2.16 bits per heavy atom. The number of aliphatic imine (C=N–C) groups is 1. The molecule has 1 saturated heterocycles. The molecule has 37 heavy (non-hydrogen) atoms. The summed E-state index contributed by atoms with van der Waals surface area (Å²) in [6.45, 7) is -0.400. The SMILES string of the molecule is CCOC(=O)C1=C(CN2C[C@@H](OCC(=O)O)C(F)(F)C2)NC(c2nccs2)=N[C@H]1c1ccc(F)cc1Cl. The van der Waals surface area contributed by atoms with Gasteiger partial charge in [0, 0.05) is 40.9 Å². The van der Waals surface area contributed by atoms with Crippen LogP contribution in [0.3, 0.4) is 0 Å². The number of nitrogens with zero attached hydrogens (tertiary/aromatic N) is 3. The minimum atomic E-state index is -3.32. The predicted octanol–water partition coefficient (Wildman–Crippen LogP) is 3.26. The number of halogens is 4. The fraction of sp³-hybridized carbons (Fsp3) is 0.391. The van der Waals surface area contributed by atoms with Gasteiger partial charge >= 0.3 is 11.9 Å². The highest BCUT2D eigenvalue weighted by Crippen LogP contribution is 2.38. The Labute approximate surface area is 218 Å². The second kappa shape index (κ2) is 11.2. The number of nitrogens with one attached hydrogen (secondary N) is 1. The predicted molar refractivity (Wildman–Crippen MR) is 128 cm³/mol. The molecule has 198 valence electrons. The lowest BCUT2D eigenvalue weighted by Gasteiger charge is -2.29. The maximum atomic E-state index is 14.6. The number of aliphatic carboxylic acids is 1. The van der Waals surface area contributed by atoms with Crippen LogP contribution < -0.4 is 5.32 Å². The lowest BCUT2D eigenvalue weighted by Crippen LogP contribution is -2.39. The van der Waals surface area contributed by atoms with Crippen LogP contribution in [0, 0.1) is 5.82 Å². The van der Waals surface area contributed by atoms with Gasteiger partial charge in [0.2, 0.25) is 0 Å². The van der Waals surface area contributed by atoms with Crippen LogP contribution in [0.2, 0.25) is 5.02 Å². The summed E-state index contributed by atoms with van der Waals surface area (Å²) in [5.74, 6) is -5.74. The zero-order valence-corrected chi connectivity index (χ0v) is 21.0. The number of benzene rings is 1. The Balaban J connectivity index is 1.74. The molecule has 1 fully saturated rings. The zero-order chi connectivity index (χ0) is 26.7. The van der Waals surface area contributed by atoms with Crippen molar-refractivity contribution in [3.8, 4) is 0 Å². The van der Waals surface area contributed by atoms with Crippen molar-refractivity contribution in [3.05, 3.63) is 62.5 Å². The lowest BCUT2D eigenvalue weighted by molar-refractivity contribution is -0.152. The third-order valence-corrected chi connectivity index (χ3v) is 6.74. The number of alkyl halides is 2. The van der Waals surface area contributed by atoms with Gasteiger partial charge in [-0.15, -0.1) is 11.3 Å². The van der Waals surface area contributed by atoms with Crippen LogP contribution in [-0.4, -0.2) is 77.6 Å². The van der Waals surface area contributed by atoms with E-state index in [1.165, 1.54) is 28.4 Å². The normalized spacial score (nSPS) is 21.5. The molecule has 0 spiro atoms. The molecule has 3 heterocycles. The summed E-state index contributed by atoms with van der Waals surface area (Å²) in [5, 5.41) is 14.0. The van der Waals surface area contributed by atoms with Gasteiger partial charge in [0.1, 0.15) is 24.6 Å². The van der Waals surface area contributed by atoms with Crippen molar-refractivity contribution in [2.45, 2.75) is 25.0 Å². The smallest absolute Gasteiger partial charge is 0.338 e. The highest BCUT2D eigenvalue weighted by atomic mass is 35.5.